The van der Waals surface area contributed by atoms with E-state index in [2.05, 4.69) is 26.1 Å². The molecule has 2 aliphatic rings. The molecular weight excluding hydrogens is 304 g/mol. The van der Waals surface area contributed by atoms with E-state index in [1.807, 2.05) is 24.3 Å². The SMILES string of the molecule is O=C(NC1CCN(C2CC2)CC1)c1cccc(Br)c1. The summed E-state index contributed by atoms with van der Waals surface area (Å²) in [6, 6.07) is 8.75. The first-order valence-electron chi connectivity index (χ1n) is 7.03. The number of nitrogens with zero attached hydrogens (tertiary/aromatic N) is 1. The molecule has 3 rings (SSSR count). The molecule has 1 saturated carbocycles. The fourth-order valence-corrected chi connectivity index (χ4v) is 3.15. The third kappa shape index (κ3) is 3.37. The van der Waals surface area contributed by atoms with Crippen LogP contribution in [0.3, 0.4) is 0 Å². The van der Waals surface area contributed by atoms with Crippen LogP contribution in [-0.4, -0.2) is 36.0 Å². The number of likely N-dealkylation sites (tertiary alicyclic amines) is 1. The van der Waals surface area contributed by atoms with Crippen molar-refractivity contribution in [3.8, 4) is 0 Å². The molecule has 0 aromatic heterocycles. The Kier molecular flexibility index (Phi) is 3.89. The molecule has 1 aromatic rings. The molecule has 1 saturated heterocycles. The molecule has 2 fully saturated rings. The lowest BCUT2D eigenvalue weighted by atomic mass is 10.0. The summed E-state index contributed by atoms with van der Waals surface area (Å²) in [6.45, 7) is 2.27. The summed E-state index contributed by atoms with van der Waals surface area (Å²) in [5.74, 6) is 0.0474. The zero-order chi connectivity index (χ0) is 13.2. The average molecular weight is 323 g/mol. The molecular formula is C15H19BrN2O. The largest absolute Gasteiger partial charge is 0.349 e. The van der Waals surface area contributed by atoms with Gasteiger partial charge in [0.05, 0.1) is 0 Å². The van der Waals surface area contributed by atoms with Gasteiger partial charge in [-0.2, -0.15) is 0 Å². The van der Waals surface area contributed by atoms with Gasteiger partial charge in [0.1, 0.15) is 0 Å². The number of amides is 1. The molecule has 19 heavy (non-hydrogen) atoms. The monoisotopic (exact) mass is 322 g/mol. The Labute approximate surface area is 122 Å². The summed E-state index contributed by atoms with van der Waals surface area (Å²) in [5, 5.41) is 3.16. The standard InChI is InChI=1S/C15H19BrN2O/c16-12-3-1-2-11(10-12)15(19)17-13-6-8-18(9-7-13)14-4-5-14/h1-3,10,13-14H,4-9H2,(H,17,19). The Bertz CT molecular complexity index is 465. The number of carbonyl (C=O) groups is 1. The number of nitrogens with one attached hydrogen (secondary N) is 1. The molecule has 102 valence electrons. The van der Waals surface area contributed by atoms with E-state index in [9.17, 15) is 4.79 Å². The first-order valence-corrected chi connectivity index (χ1v) is 7.82. The maximum absolute atomic E-state index is 12.1. The third-order valence-electron chi connectivity index (χ3n) is 4.01. The van der Waals surface area contributed by atoms with E-state index in [4.69, 9.17) is 0 Å². The first kappa shape index (κ1) is 13.1. The molecule has 0 spiro atoms. The highest BCUT2D eigenvalue weighted by molar-refractivity contribution is 9.10. The van der Waals surface area contributed by atoms with Gasteiger partial charge in [-0.1, -0.05) is 22.0 Å². The van der Waals surface area contributed by atoms with E-state index in [1.165, 1.54) is 12.8 Å². The third-order valence-corrected chi connectivity index (χ3v) is 4.51. The molecule has 1 heterocycles. The minimum atomic E-state index is 0.0474. The van der Waals surface area contributed by atoms with Crippen molar-refractivity contribution in [2.75, 3.05) is 13.1 Å². The smallest absolute Gasteiger partial charge is 0.251 e. The second-order valence-corrected chi connectivity index (χ2v) is 6.44. The van der Waals surface area contributed by atoms with Crippen LogP contribution in [0.25, 0.3) is 0 Å². The fraction of sp³-hybridized carbons (Fsp3) is 0.533. The minimum absolute atomic E-state index is 0.0474. The zero-order valence-corrected chi connectivity index (χ0v) is 12.5. The van der Waals surface area contributed by atoms with E-state index in [-0.39, 0.29) is 5.91 Å². The predicted octanol–water partition coefficient (Wildman–Crippen LogP) is 2.81. The van der Waals surface area contributed by atoms with Crippen molar-refractivity contribution in [1.82, 2.24) is 10.2 Å². The number of hydrogen-bond acceptors (Lipinski definition) is 2. The van der Waals surface area contributed by atoms with Gasteiger partial charge in [-0.3, -0.25) is 4.79 Å². The Morgan fingerprint density at radius 3 is 2.58 bits per heavy atom. The number of halogens is 1. The lowest BCUT2D eigenvalue weighted by molar-refractivity contribution is 0.0909. The molecule has 1 aromatic carbocycles. The Hall–Kier alpha value is -0.870. The lowest BCUT2D eigenvalue weighted by Crippen LogP contribution is -2.45. The molecule has 0 atom stereocenters. The van der Waals surface area contributed by atoms with E-state index < -0.39 is 0 Å². The highest BCUT2D eigenvalue weighted by atomic mass is 79.9. The minimum Gasteiger partial charge on any atom is -0.349 e. The second kappa shape index (κ2) is 5.63. The summed E-state index contributed by atoms with van der Waals surface area (Å²) >= 11 is 3.40. The quantitative estimate of drug-likeness (QED) is 0.928. The molecule has 4 heteroatoms. The molecule has 0 unspecified atom stereocenters. The normalized spacial score (nSPS) is 21.3. The molecule has 1 amide bonds. The van der Waals surface area contributed by atoms with Crippen LogP contribution < -0.4 is 5.32 Å². The van der Waals surface area contributed by atoms with Crippen molar-refractivity contribution in [3.05, 3.63) is 34.3 Å². The van der Waals surface area contributed by atoms with Gasteiger partial charge in [-0.25, -0.2) is 0 Å². The summed E-state index contributed by atoms with van der Waals surface area (Å²) < 4.78 is 0.948. The Morgan fingerprint density at radius 1 is 1.21 bits per heavy atom. The van der Waals surface area contributed by atoms with Crippen LogP contribution in [0.15, 0.2) is 28.7 Å². The number of rotatable bonds is 3. The van der Waals surface area contributed by atoms with Crippen LogP contribution in [0, 0.1) is 0 Å². The fourth-order valence-electron chi connectivity index (χ4n) is 2.75. The number of hydrogen-bond donors (Lipinski definition) is 1. The second-order valence-electron chi connectivity index (χ2n) is 5.53. The molecule has 1 aliphatic carbocycles. The highest BCUT2D eigenvalue weighted by Crippen LogP contribution is 2.29. The first-order chi connectivity index (χ1) is 9.22. The summed E-state index contributed by atoms with van der Waals surface area (Å²) in [4.78, 5) is 14.7. The molecule has 0 bridgehead atoms. The molecule has 3 nitrogen and oxygen atoms in total. The maximum atomic E-state index is 12.1. The molecule has 0 radical (unpaired) electrons. The Morgan fingerprint density at radius 2 is 1.95 bits per heavy atom. The van der Waals surface area contributed by atoms with Crippen LogP contribution in [0.5, 0.6) is 0 Å². The Balaban J connectivity index is 1.52. The van der Waals surface area contributed by atoms with Crippen molar-refractivity contribution in [2.24, 2.45) is 0 Å². The van der Waals surface area contributed by atoms with Gasteiger partial charge in [0.15, 0.2) is 0 Å². The zero-order valence-electron chi connectivity index (χ0n) is 10.9. The number of benzene rings is 1. The molecule has 1 aliphatic heterocycles. The van der Waals surface area contributed by atoms with Crippen molar-refractivity contribution >= 4 is 21.8 Å². The van der Waals surface area contributed by atoms with E-state index in [0.29, 0.717) is 6.04 Å². The van der Waals surface area contributed by atoms with Crippen LogP contribution >= 0.6 is 15.9 Å². The topological polar surface area (TPSA) is 32.3 Å². The van der Waals surface area contributed by atoms with E-state index in [0.717, 1.165) is 42.0 Å². The summed E-state index contributed by atoms with van der Waals surface area (Å²) in [6.07, 6.45) is 4.90. The van der Waals surface area contributed by atoms with Crippen LogP contribution in [0.1, 0.15) is 36.0 Å². The van der Waals surface area contributed by atoms with Gasteiger partial charge in [-0.15, -0.1) is 0 Å². The van der Waals surface area contributed by atoms with Crippen LogP contribution in [0.4, 0.5) is 0 Å². The summed E-state index contributed by atoms with van der Waals surface area (Å²) in [7, 11) is 0. The predicted molar refractivity (Wildman–Crippen MR) is 79.2 cm³/mol. The van der Waals surface area contributed by atoms with Crippen LogP contribution in [-0.2, 0) is 0 Å². The van der Waals surface area contributed by atoms with E-state index in [1.54, 1.807) is 0 Å². The summed E-state index contributed by atoms with van der Waals surface area (Å²) in [5.41, 5.74) is 0.735. The van der Waals surface area contributed by atoms with Gasteiger partial charge in [-0.05, 0) is 43.9 Å². The van der Waals surface area contributed by atoms with Gasteiger partial charge < -0.3 is 10.2 Å². The van der Waals surface area contributed by atoms with Gasteiger partial charge in [0.25, 0.3) is 5.91 Å². The van der Waals surface area contributed by atoms with E-state index >= 15 is 0 Å². The van der Waals surface area contributed by atoms with Crippen molar-refractivity contribution < 1.29 is 4.79 Å². The van der Waals surface area contributed by atoms with Crippen molar-refractivity contribution in [1.29, 1.82) is 0 Å². The van der Waals surface area contributed by atoms with Gasteiger partial charge in [0, 0.05) is 35.2 Å². The maximum Gasteiger partial charge on any atom is 0.251 e. The average Bonchev–Trinajstić information content (AvgIpc) is 3.24. The van der Waals surface area contributed by atoms with Gasteiger partial charge >= 0.3 is 0 Å². The number of piperidine rings is 1. The molecule has 1 N–H and O–H groups in total. The van der Waals surface area contributed by atoms with Gasteiger partial charge in [0.2, 0.25) is 0 Å². The highest BCUT2D eigenvalue weighted by Gasteiger charge is 2.32. The van der Waals surface area contributed by atoms with Crippen LogP contribution in [0.2, 0.25) is 0 Å². The lowest BCUT2D eigenvalue weighted by Gasteiger charge is -2.32. The number of carbonyl (C=O) groups excluding carboxylic acids is 1. The van der Waals surface area contributed by atoms with Crippen molar-refractivity contribution in [2.45, 2.75) is 37.8 Å². The van der Waals surface area contributed by atoms with Crippen molar-refractivity contribution in [3.63, 3.8) is 0 Å².